The number of pyridine rings is 1. The number of nitrogens with zero attached hydrogens (tertiary/aromatic N) is 3. The van der Waals surface area contributed by atoms with E-state index in [0.29, 0.717) is 28.2 Å². The molecule has 0 atom stereocenters. The predicted molar refractivity (Wildman–Crippen MR) is 129 cm³/mol. The second-order valence-electron chi connectivity index (χ2n) is 9.89. The molecule has 0 bridgehead atoms. The number of carbonyl (C=O) groups is 2. The Labute approximate surface area is 203 Å². The summed E-state index contributed by atoms with van der Waals surface area (Å²) in [6, 6.07) is 8.61. The van der Waals surface area contributed by atoms with Crippen LogP contribution in [0.25, 0.3) is 16.7 Å². The lowest BCUT2D eigenvalue weighted by Crippen LogP contribution is -2.34. The van der Waals surface area contributed by atoms with Crippen molar-refractivity contribution in [1.82, 2.24) is 14.1 Å². The highest BCUT2D eigenvalue weighted by atomic mass is 16.7. The molecular formula is C25H31N3O7. The van der Waals surface area contributed by atoms with Crippen LogP contribution in [0.4, 0.5) is 9.59 Å². The molecule has 0 N–H and O–H groups in total. The Bertz CT molecular complexity index is 1290. The Morgan fingerprint density at radius 1 is 0.943 bits per heavy atom. The molecule has 2 heterocycles. The number of benzene rings is 1. The highest BCUT2D eigenvalue weighted by Crippen LogP contribution is 2.23. The first kappa shape index (κ1) is 25.8. The molecule has 3 aromatic rings. The van der Waals surface area contributed by atoms with E-state index >= 15 is 0 Å². The lowest BCUT2D eigenvalue weighted by molar-refractivity contribution is -0.0115. The van der Waals surface area contributed by atoms with Gasteiger partial charge in [-0.1, -0.05) is 12.1 Å². The molecule has 1 aromatic carbocycles. The molecule has 0 saturated carbocycles. The lowest BCUT2D eigenvalue weighted by Gasteiger charge is -2.19. The maximum atomic E-state index is 13.3. The summed E-state index contributed by atoms with van der Waals surface area (Å²) in [6.07, 6.45) is -0.0403. The summed E-state index contributed by atoms with van der Waals surface area (Å²) < 4.78 is 23.5. The van der Waals surface area contributed by atoms with Gasteiger partial charge in [0.05, 0.1) is 22.9 Å². The van der Waals surface area contributed by atoms with Crippen LogP contribution in [0.3, 0.4) is 0 Å². The van der Waals surface area contributed by atoms with Gasteiger partial charge in [0.15, 0.2) is 0 Å². The second kappa shape index (κ2) is 9.81. The zero-order chi connectivity index (χ0) is 26.0. The standard InChI is InChI=1S/C25H31N3O7/c1-16-14-20(32-12-13-33-23(31)35-25(5,6)7)26-15-19(16)27-17-10-8-9-11-18(17)28(21(27)29)22(30)34-24(2,3)4/h8-11,14-15H,12-13H2,1-7H3. The minimum absolute atomic E-state index is 0.0137. The Morgan fingerprint density at radius 2 is 1.57 bits per heavy atom. The number of aryl methyl sites for hydroxylation is 1. The third kappa shape index (κ3) is 6.40. The van der Waals surface area contributed by atoms with Crippen LogP contribution >= 0.6 is 0 Å². The highest BCUT2D eigenvalue weighted by Gasteiger charge is 2.25. The molecule has 3 rings (SSSR count). The average Bonchev–Trinajstić information content (AvgIpc) is 3.01. The van der Waals surface area contributed by atoms with Crippen molar-refractivity contribution < 1.29 is 28.5 Å². The number of imidazole rings is 1. The first-order valence-corrected chi connectivity index (χ1v) is 11.2. The van der Waals surface area contributed by atoms with E-state index in [2.05, 4.69) is 4.98 Å². The zero-order valence-electron chi connectivity index (χ0n) is 21.1. The van der Waals surface area contributed by atoms with Crippen molar-refractivity contribution in [3.63, 3.8) is 0 Å². The van der Waals surface area contributed by atoms with E-state index in [1.807, 2.05) is 0 Å². The molecule has 10 heteroatoms. The van der Waals surface area contributed by atoms with Gasteiger partial charge in [-0.05, 0) is 66.2 Å². The molecule has 188 valence electrons. The number of hydrogen-bond donors (Lipinski definition) is 0. The first-order valence-electron chi connectivity index (χ1n) is 11.2. The Hall–Kier alpha value is -3.82. The Balaban J connectivity index is 1.82. The van der Waals surface area contributed by atoms with E-state index in [0.717, 1.165) is 4.57 Å². The second-order valence-corrected chi connectivity index (χ2v) is 9.89. The van der Waals surface area contributed by atoms with Gasteiger partial charge in [0.2, 0.25) is 5.88 Å². The van der Waals surface area contributed by atoms with E-state index in [9.17, 15) is 14.4 Å². The van der Waals surface area contributed by atoms with Crippen LogP contribution < -0.4 is 10.4 Å². The number of ether oxygens (including phenoxy) is 4. The van der Waals surface area contributed by atoms with Crippen LogP contribution in [0.15, 0.2) is 41.3 Å². The largest absolute Gasteiger partial charge is 0.508 e. The molecule has 2 aromatic heterocycles. The van der Waals surface area contributed by atoms with E-state index in [-0.39, 0.29) is 13.2 Å². The van der Waals surface area contributed by atoms with E-state index in [4.69, 9.17) is 18.9 Å². The van der Waals surface area contributed by atoms with Crippen molar-refractivity contribution in [2.45, 2.75) is 59.7 Å². The van der Waals surface area contributed by atoms with Gasteiger partial charge in [0, 0.05) is 6.07 Å². The van der Waals surface area contributed by atoms with E-state index in [1.165, 1.54) is 10.8 Å². The number of aromatic nitrogens is 3. The maximum absolute atomic E-state index is 13.3. The summed E-state index contributed by atoms with van der Waals surface area (Å²) in [7, 11) is 0. The van der Waals surface area contributed by atoms with Gasteiger partial charge < -0.3 is 18.9 Å². The van der Waals surface area contributed by atoms with Gasteiger partial charge in [-0.3, -0.25) is 4.57 Å². The Kier molecular flexibility index (Phi) is 7.23. The van der Waals surface area contributed by atoms with Crippen molar-refractivity contribution in [3.05, 3.63) is 52.6 Å². The van der Waals surface area contributed by atoms with Gasteiger partial charge in [-0.25, -0.2) is 19.4 Å². The number of rotatable bonds is 5. The minimum Gasteiger partial charge on any atom is -0.474 e. The quantitative estimate of drug-likeness (QED) is 0.381. The monoisotopic (exact) mass is 485 g/mol. The van der Waals surface area contributed by atoms with Crippen molar-refractivity contribution in [1.29, 1.82) is 0 Å². The molecule has 0 aliphatic heterocycles. The number of carbonyl (C=O) groups excluding carboxylic acids is 2. The van der Waals surface area contributed by atoms with E-state index in [1.54, 1.807) is 78.8 Å². The molecule has 0 saturated heterocycles. The summed E-state index contributed by atoms with van der Waals surface area (Å²) in [6.45, 7) is 12.3. The van der Waals surface area contributed by atoms with Crippen LogP contribution in [-0.2, 0) is 14.2 Å². The third-order valence-corrected chi connectivity index (χ3v) is 4.56. The van der Waals surface area contributed by atoms with E-state index < -0.39 is 29.1 Å². The molecule has 0 aliphatic carbocycles. The van der Waals surface area contributed by atoms with Crippen molar-refractivity contribution >= 4 is 23.3 Å². The SMILES string of the molecule is Cc1cc(OCCOC(=O)OC(C)(C)C)ncc1-n1c(=O)n(C(=O)OC(C)(C)C)c2ccccc21. The summed E-state index contributed by atoms with van der Waals surface area (Å²) in [4.78, 5) is 42.0. The summed E-state index contributed by atoms with van der Waals surface area (Å²) in [5.41, 5.74) is 0.173. The summed E-state index contributed by atoms with van der Waals surface area (Å²) in [5.74, 6) is 0.294. The molecule has 0 spiro atoms. The Morgan fingerprint density at radius 3 is 2.17 bits per heavy atom. The van der Waals surface area contributed by atoms with Crippen LogP contribution in [0.1, 0.15) is 47.1 Å². The van der Waals surface area contributed by atoms with Crippen molar-refractivity contribution in [2.24, 2.45) is 0 Å². The zero-order valence-corrected chi connectivity index (χ0v) is 21.1. The van der Waals surface area contributed by atoms with Crippen LogP contribution in [0.2, 0.25) is 0 Å². The lowest BCUT2D eigenvalue weighted by atomic mass is 10.2. The minimum atomic E-state index is -0.777. The maximum Gasteiger partial charge on any atom is 0.508 e. The summed E-state index contributed by atoms with van der Waals surface area (Å²) in [5, 5.41) is 0. The number of fused-ring (bicyclic) bond motifs is 1. The molecule has 10 nitrogen and oxygen atoms in total. The molecule has 0 unspecified atom stereocenters. The van der Waals surface area contributed by atoms with Crippen LogP contribution in [0.5, 0.6) is 5.88 Å². The molecule has 35 heavy (non-hydrogen) atoms. The fraction of sp³-hybridized carbons (Fsp3) is 0.440. The molecule has 0 aliphatic rings. The molecule has 0 fully saturated rings. The number of para-hydroxylation sites is 2. The molecule has 0 radical (unpaired) electrons. The molecule has 0 amide bonds. The average molecular weight is 486 g/mol. The third-order valence-electron chi connectivity index (χ3n) is 4.56. The van der Waals surface area contributed by atoms with Gasteiger partial charge in [-0.2, -0.15) is 4.57 Å². The van der Waals surface area contributed by atoms with Gasteiger partial charge in [0.1, 0.15) is 24.4 Å². The van der Waals surface area contributed by atoms with Gasteiger partial charge >= 0.3 is 17.9 Å². The topological polar surface area (TPSA) is 111 Å². The van der Waals surface area contributed by atoms with Crippen molar-refractivity contribution in [3.8, 4) is 11.6 Å². The highest BCUT2D eigenvalue weighted by molar-refractivity contribution is 5.88. The summed E-state index contributed by atoms with van der Waals surface area (Å²) >= 11 is 0. The normalized spacial score (nSPS) is 11.9. The smallest absolute Gasteiger partial charge is 0.474 e. The van der Waals surface area contributed by atoms with Gasteiger partial charge in [-0.15, -0.1) is 0 Å². The molecular weight excluding hydrogens is 454 g/mol. The van der Waals surface area contributed by atoms with Crippen LogP contribution in [0, 0.1) is 6.92 Å². The first-order chi connectivity index (χ1) is 16.3. The van der Waals surface area contributed by atoms with Crippen LogP contribution in [-0.4, -0.2) is 50.8 Å². The van der Waals surface area contributed by atoms with Gasteiger partial charge in [0.25, 0.3) is 0 Å². The van der Waals surface area contributed by atoms with Crippen molar-refractivity contribution in [2.75, 3.05) is 13.2 Å². The fourth-order valence-electron chi connectivity index (χ4n) is 3.25. The number of hydrogen-bond acceptors (Lipinski definition) is 8. The fourth-order valence-corrected chi connectivity index (χ4v) is 3.25. The predicted octanol–water partition coefficient (Wildman–Crippen LogP) is 4.61.